The maximum absolute atomic E-state index is 15.0. The molecule has 1 saturated heterocycles. The van der Waals surface area contributed by atoms with E-state index in [4.69, 9.17) is 9.47 Å². The van der Waals surface area contributed by atoms with Crippen LogP contribution in [0, 0.1) is 11.8 Å². The fourth-order valence-electron chi connectivity index (χ4n) is 5.09. The molecule has 3 N–H and O–H groups in total. The molecule has 0 saturated carbocycles. The van der Waals surface area contributed by atoms with Gasteiger partial charge in [-0.05, 0) is 55.7 Å². The van der Waals surface area contributed by atoms with Gasteiger partial charge in [0.25, 0.3) is 0 Å². The number of aromatic nitrogens is 1. The van der Waals surface area contributed by atoms with Crippen LogP contribution in [-0.2, 0) is 11.3 Å². The zero-order chi connectivity index (χ0) is 30.4. The molecule has 4 rings (SSSR count). The minimum Gasteiger partial charge on any atom is -0.495 e. The highest BCUT2D eigenvalue weighted by molar-refractivity contribution is 5.94. The first-order valence-electron chi connectivity index (χ1n) is 13.5. The van der Waals surface area contributed by atoms with Crippen LogP contribution in [0.1, 0.15) is 29.4 Å². The van der Waals surface area contributed by atoms with Crippen LogP contribution in [0.3, 0.4) is 0 Å². The number of ether oxygens (including phenoxy) is 2. The number of fused-ring (bicyclic) bond motifs is 1. The quantitative estimate of drug-likeness (QED) is 0.190. The average Bonchev–Trinajstić information content (AvgIpc) is 3.28. The largest absolute Gasteiger partial charge is 0.495 e. The molecule has 1 fully saturated rings. The first-order chi connectivity index (χ1) is 20.0. The van der Waals surface area contributed by atoms with Crippen LogP contribution in [0.15, 0.2) is 42.5 Å². The molecule has 0 spiro atoms. The Morgan fingerprint density at radius 3 is 2.64 bits per heavy atom. The third-order valence-corrected chi connectivity index (χ3v) is 6.98. The van der Waals surface area contributed by atoms with Crippen LogP contribution < -0.4 is 15.4 Å². The Balaban J connectivity index is 1.56. The van der Waals surface area contributed by atoms with Crippen molar-refractivity contribution < 1.29 is 36.9 Å². The van der Waals surface area contributed by atoms with Gasteiger partial charge in [0.1, 0.15) is 18.5 Å². The standard InChI is InChI=1S/C30H34F4N4O4/c1-19(39)16-37-13-11-25(23(31)17-37)36-24-7-4-8-27-22(24)15-21(38(27)18-30(32,33)34)6-5-12-35-26-10-9-20(29(40)42-3)14-28(26)41-2/h4,7-10,14-15,19,23,25,35-36,39H,11-13,16-18H2,1-3H3/t19-,23+,25-/m0/s1. The van der Waals surface area contributed by atoms with Gasteiger partial charge >= 0.3 is 12.1 Å². The fourth-order valence-corrected chi connectivity index (χ4v) is 5.09. The first-order valence-corrected chi connectivity index (χ1v) is 13.5. The van der Waals surface area contributed by atoms with E-state index in [-0.39, 0.29) is 18.8 Å². The predicted octanol–water partition coefficient (Wildman–Crippen LogP) is 4.67. The third-order valence-electron chi connectivity index (χ3n) is 6.98. The van der Waals surface area contributed by atoms with Crippen molar-refractivity contribution in [3.8, 4) is 17.6 Å². The number of anilines is 2. The topological polar surface area (TPSA) is 88.0 Å². The smallest absolute Gasteiger partial charge is 0.406 e. The second kappa shape index (κ2) is 13.4. The zero-order valence-electron chi connectivity index (χ0n) is 23.6. The third kappa shape index (κ3) is 7.66. The van der Waals surface area contributed by atoms with Crippen molar-refractivity contribution in [1.82, 2.24) is 9.47 Å². The molecule has 0 aliphatic carbocycles. The van der Waals surface area contributed by atoms with Crippen molar-refractivity contribution >= 4 is 28.2 Å². The predicted molar refractivity (Wildman–Crippen MR) is 153 cm³/mol. The molecule has 2 aromatic carbocycles. The van der Waals surface area contributed by atoms with Gasteiger partial charge in [-0.25, -0.2) is 9.18 Å². The summed E-state index contributed by atoms with van der Waals surface area (Å²) >= 11 is 0. The summed E-state index contributed by atoms with van der Waals surface area (Å²) < 4.78 is 66.9. The lowest BCUT2D eigenvalue weighted by molar-refractivity contribution is -0.140. The normalized spacial score (nSPS) is 18.2. The van der Waals surface area contributed by atoms with Crippen LogP contribution in [0.25, 0.3) is 10.9 Å². The Hall–Kier alpha value is -3.95. The highest BCUT2D eigenvalue weighted by atomic mass is 19.4. The van der Waals surface area contributed by atoms with E-state index in [0.29, 0.717) is 53.1 Å². The molecule has 0 radical (unpaired) electrons. The number of β-amino-alcohol motifs (C(OH)–C–C–N with tert-alkyl or cyclic N) is 1. The lowest BCUT2D eigenvalue weighted by Crippen LogP contribution is -2.49. The number of aliphatic hydroxyl groups is 1. The Bertz CT molecular complexity index is 1460. The van der Waals surface area contributed by atoms with E-state index in [1.165, 1.54) is 20.3 Å². The molecule has 1 aliphatic heterocycles. The molecule has 0 amide bonds. The molecule has 0 unspecified atom stereocenters. The van der Waals surface area contributed by atoms with Crippen LogP contribution in [0.5, 0.6) is 5.75 Å². The Kier molecular flexibility index (Phi) is 9.85. The van der Waals surface area contributed by atoms with Gasteiger partial charge in [0.05, 0.1) is 55.4 Å². The number of methoxy groups -OCH3 is 2. The number of likely N-dealkylation sites (tertiary alicyclic amines) is 1. The summed E-state index contributed by atoms with van der Waals surface area (Å²) in [4.78, 5) is 13.6. The molecule has 3 atom stereocenters. The number of hydrogen-bond acceptors (Lipinski definition) is 7. The monoisotopic (exact) mass is 590 g/mol. The molecule has 226 valence electrons. The SMILES string of the molecule is COC(=O)c1ccc(NCC#Cc2cc3c(N[C@H]4CCN(C[C@H](C)O)C[C@H]4F)cccc3n2CC(F)(F)F)c(OC)c1. The van der Waals surface area contributed by atoms with Gasteiger partial charge in [0, 0.05) is 30.7 Å². The summed E-state index contributed by atoms with van der Waals surface area (Å²) in [7, 11) is 2.72. The summed E-state index contributed by atoms with van der Waals surface area (Å²) in [5.74, 6) is 5.56. The molecule has 8 nitrogen and oxygen atoms in total. The Morgan fingerprint density at radius 2 is 1.98 bits per heavy atom. The van der Waals surface area contributed by atoms with Gasteiger partial charge in [-0.1, -0.05) is 12.0 Å². The van der Waals surface area contributed by atoms with Gasteiger partial charge in [0.2, 0.25) is 0 Å². The molecule has 0 bridgehead atoms. The molecule has 42 heavy (non-hydrogen) atoms. The number of carbonyl (C=O) groups is 1. The van der Waals surface area contributed by atoms with Crippen LogP contribution in [0.4, 0.5) is 28.9 Å². The van der Waals surface area contributed by atoms with E-state index in [1.54, 1.807) is 43.3 Å². The van der Waals surface area contributed by atoms with Gasteiger partial charge in [-0.15, -0.1) is 0 Å². The van der Waals surface area contributed by atoms with Gasteiger partial charge < -0.3 is 29.8 Å². The maximum Gasteiger partial charge on any atom is 0.406 e. The Morgan fingerprint density at radius 1 is 1.19 bits per heavy atom. The first kappa shape index (κ1) is 31.0. The van der Waals surface area contributed by atoms with Crippen molar-refractivity contribution in [3.63, 3.8) is 0 Å². The number of nitrogens with zero attached hydrogens (tertiary/aromatic N) is 2. The number of aliphatic hydroxyl groups excluding tert-OH is 1. The minimum absolute atomic E-state index is 0.0845. The molecule has 1 aliphatic rings. The van der Waals surface area contributed by atoms with E-state index in [2.05, 4.69) is 22.5 Å². The van der Waals surface area contributed by atoms with Gasteiger partial charge in [-0.2, -0.15) is 13.2 Å². The van der Waals surface area contributed by atoms with Gasteiger partial charge in [-0.3, -0.25) is 4.90 Å². The van der Waals surface area contributed by atoms with Crippen LogP contribution >= 0.6 is 0 Å². The number of piperidine rings is 1. The average molecular weight is 591 g/mol. The summed E-state index contributed by atoms with van der Waals surface area (Å²) in [6, 6.07) is 10.7. The number of carbonyl (C=O) groups excluding carboxylic acids is 1. The highest BCUT2D eigenvalue weighted by Crippen LogP contribution is 2.32. The van der Waals surface area contributed by atoms with Crippen molar-refractivity contribution in [3.05, 3.63) is 53.7 Å². The second-order valence-electron chi connectivity index (χ2n) is 10.2. The van der Waals surface area contributed by atoms with Crippen molar-refractivity contribution in [2.24, 2.45) is 0 Å². The van der Waals surface area contributed by atoms with Crippen molar-refractivity contribution in [2.75, 3.05) is 51.0 Å². The summed E-state index contributed by atoms with van der Waals surface area (Å²) in [6.45, 7) is 1.64. The van der Waals surface area contributed by atoms with Crippen LogP contribution in [-0.4, -0.2) is 85.4 Å². The maximum atomic E-state index is 15.0. The number of benzene rings is 2. The lowest BCUT2D eigenvalue weighted by atomic mass is 10.0. The Labute approximate surface area is 241 Å². The number of esters is 1. The van der Waals surface area contributed by atoms with E-state index < -0.39 is 37.0 Å². The summed E-state index contributed by atoms with van der Waals surface area (Å²) in [5, 5.41) is 16.4. The van der Waals surface area contributed by atoms with Gasteiger partial charge in [0.15, 0.2) is 0 Å². The molecule has 2 heterocycles. The second-order valence-corrected chi connectivity index (χ2v) is 10.2. The van der Waals surface area contributed by atoms with Crippen molar-refractivity contribution in [2.45, 2.75) is 44.4 Å². The summed E-state index contributed by atoms with van der Waals surface area (Å²) in [6.07, 6.45) is -5.78. The van der Waals surface area contributed by atoms with E-state index in [1.807, 2.05) is 4.90 Å². The van der Waals surface area contributed by atoms with Crippen molar-refractivity contribution in [1.29, 1.82) is 0 Å². The molecule has 3 aromatic rings. The molecule has 12 heteroatoms. The van der Waals surface area contributed by atoms with E-state index >= 15 is 4.39 Å². The van der Waals surface area contributed by atoms with E-state index in [9.17, 15) is 23.1 Å². The summed E-state index contributed by atoms with van der Waals surface area (Å²) in [5.41, 5.74) is 1.87. The molecule has 1 aromatic heterocycles. The number of hydrogen-bond donors (Lipinski definition) is 3. The van der Waals surface area contributed by atoms with Crippen LogP contribution in [0.2, 0.25) is 0 Å². The molecular formula is C30H34F4N4O4. The number of rotatable bonds is 9. The minimum atomic E-state index is -4.49. The highest BCUT2D eigenvalue weighted by Gasteiger charge is 2.32. The number of nitrogens with one attached hydrogen (secondary N) is 2. The fraction of sp³-hybridized carbons (Fsp3) is 0.433. The number of alkyl halides is 4. The number of halogens is 4. The lowest BCUT2D eigenvalue weighted by Gasteiger charge is -2.36. The zero-order valence-corrected chi connectivity index (χ0v) is 23.6. The molecular weight excluding hydrogens is 556 g/mol. The van der Waals surface area contributed by atoms with E-state index in [0.717, 1.165) is 4.57 Å².